The molecule has 0 amide bonds. The molecule has 9 heteroatoms. The van der Waals surface area contributed by atoms with Gasteiger partial charge in [0.15, 0.2) is 0 Å². The minimum atomic E-state index is -1.39. The number of hydrogen-bond acceptors (Lipinski definition) is 8. The van der Waals surface area contributed by atoms with Crippen molar-refractivity contribution in [3.63, 3.8) is 0 Å². The third-order valence-corrected chi connectivity index (χ3v) is 19.0. The molecule has 4 nitrogen and oxygen atoms in total. The van der Waals surface area contributed by atoms with Gasteiger partial charge in [0.1, 0.15) is 0 Å². The molecule has 0 radical (unpaired) electrons. The zero-order chi connectivity index (χ0) is 24.9. The largest absolute Gasteiger partial charge is 0.466 e. The van der Waals surface area contributed by atoms with Gasteiger partial charge < -0.3 is 9.47 Å². The van der Waals surface area contributed by atoms with E-state index in [0.717, 1.165) is 10.6 Å². The molecule has 2 aliphatic carbocycles. The van der Waals surface area contributed by atoms with Gasteiger partial charge in [-0.2, -0.15) is 0 Å². The highest BCUT2D eigenvalue weighted by atomic mass is 33.1. The fourth-order valence-corrected chi connectivity index (χ4v) is 18.7. The molecule has 1 saturated heterocycles. The number of thiocarbonyl (C=S) groups is 1. The number of thioether (sulfide) groups is 1. The van der Waals surface area contributed by atoms with Crippen LogP contribution in [0.15, 0.2) is 11.1 Å². The lowest BCUT2D eigenvalue weighted by Crippen LogP contribution is -2.34. The second-order valence-corrected chi connectivity index (χ2v) is 18.1. The standard InChI is InChI=1S/C25H39O4PS4/c1-6-9-12-30(13-10-7-2,14-11-8-3)24-25(31)34-33-21-17-15-16(20(21)32-24)18(22(26)28-4)19(17)23(27)29-5/h16-17,20-21H,6-15H2,1-5H3. The third-order valence-electron chi connectivity index (χ3n) is 7.37. The van der Waals surface area contributed by atoms with E-state index in [9.17, 15) is 9.59 Å². The van der Waals surface area contributed by atoms with Crippen molar-refractivity contribution in [2.24, 2.45) is 11.8 Å². The van der Waals surface area contributed by atoms with E-state index in [1.807, 2.05) is 22.6 Å². The van der Waals surface area contributed by atoms with E-state index >= 15 is 0 Å². The number of ether oxygens (including phenoxy) is 2. The molecule has 2 fully saturated rings. The Bertz CT molecular complexity index is 856. The van der Waals surface area contributed by atoms with Crippen LogP contribution in [0.5, 0.6) is 0 Å². The second kappa shape index (κ2) is 13.1. The quantitative estimate of drug-likeness (QED) is 0.115. The first-order chi connectivity index (χ1) is 16.4. The van der Waals surface area contributed by atoms with Gasteiger partial charge >= 0.3 is 11.9 Å². The molecule has 3 rings (SSSR count). The van der Waals surface area contributed by atoms with Gasteiger partial charge in [0.05, 0.1) is 29.6 Å². The van der Waals surface area contributed by atoms with Crippen LogP contribution in [0, 0.1) is 11.8 Å². The van der Waals surface area contributed by atoms with Gasteiger partial charge in [0, 0.05) is 27.0 Å². The lowest BCUT2D eigenvalue weighted by atomic mass is 9.91. The fourth-order valence-electron chi connectivity index (χ4n) is 5.62. The summed E-state index contributed by atoms with van der Waals surface area (Å²) in [5.74, 6) is -0.704. The number of methoxy groups -OCH3 is 2. The van der Waals surface area contributed by atoms with Crippen molar-refractivity contribution in [1.29, 1.82) is 0 Å². The summed E-state index contributed by atoms with van der Waals surface area (Å²) in [6, 6.07) is 0. The summed E-state index contributed by atoms with van der Waals surface area (Å²) in [6.45, 7) is 5.48. The Kier molecular flexibility index (Phi) is 11.0. The van der Waals surface area contributed by atoms with Gasteiger partial charge in [-0.25, -0.2) is 9.59 Å². The topological polar surface area (TPSA) is 52.6 Å². The molecule has 2 bridgehead atoms. The van der Waals surface area contributed by atoms with E-state index in [-0.39, 0.29) is 34.3 Å². The van der Waals surface area contributed by atoms with E-state index in [1.165, 1.54) is 75.9 Å². The Morgan fingerprint density at radius 1 is 0.882 bits per heavy atom. The smallest absolute Gasteiger partial charge is 0.334 e. The minimum Gasteiger partial charge on any atom is -0.466 e. The van der Waals surface area contributed by atoms with Crippen LogP contribution >= 0.6 is 52.5 Å². The maximum atomic E-state index is 12.8. The SMILES string of the molecule is CCCCP(CCCC)(CCCC)=C1SC2C3CC(C(C(=O)OC)=C3C(=O)OC)C2SSC1=S. The molecule has 34 heavy (non-hydrogen) atoms. The monoisotopic (exact) mass is 562 g/mol. The van der Waals surface area contributed by atoms with Crippen LogP contribution in [0.25, 0.3) is 0 Å². The van der Waals surface area contributed by atoms with Crippen LogP contribution in [0.4, 0.5) is 0 Å². The highest BCUT2D eigenvalue weighted by molar-refractivity contribution is 8.85. The number of hydrogen-bond donors (Lipinski definition) is 0. The first kappa shape index (κ1) is 28.7. The van der Waals surface area contributed by atoms with Gasteiger partial charge in [-0.1, -0.05) is 69.9 Å². The van der Waals surface area contributed by atoms with E-state index in [0.29, 0.717) is 11.1 Å². The summed E-state index contributed by atoms with van der Waals surface area (Å²) < 4.78 is 12.8. The number of carbonyl (C=O) groups is 2. The van der Waals surface area contributed by atoms with Gasteiger partial charge in [-0.15, -0.1) is 11.8 Å². The van der Waals surface area contributed by atoms with Crippen molar-refractivity contribution in [3.8, 4) is 0 Å². The van der Waals surface area contributed by atoms with Gasteiger partial charge in [-0.3, -0.25) is 0 Å². The molecule has 0 aromatic rings. The average molecular weight is 563 g/mol. The Labute approximate surface area is 223 Å². The van der Waals surface area contributed by atoms with E-state index in [1.54, 1.807) is 10.8 Å². The number of unbranched alkanes of at least 4 members (excludes halogenated alkanes) is 3. The lowest BCUT2D eigenvalue weighted by molar-refractivity contribution is -0.139. The van der Waals surface area contributed by atoms with E-state index in [4.69, 9.17) is 21.7 Å². The highest BCUT2D eigenvalue weighted by Crippen LogP contribution is 2.64. The van der Waals surface area contributed by atoms with Crippen molar-refractivity contribution in [1.82, 2.24) is 0 Å². The molecule has 0 spiro atoms. The summed E-state index contributed by atoms with van der Waals surface area (Å²) in [6.07, 6.45) is 12.1. The summed E-state index contributed by atoms with van der Waals surface area (Å²) in [4.78, 5) is 25.5. The molecule has 1 heterocycles. The molecule has 1 aliphatic heterocycles. The minimum absolute atomic E-state index is 0.0241. The molecule has 3 aliphatic rings. The molecule has 0 N–H and O–H groups in total. The zero-order valence-corrected chi connectivity index (χ0v) is 25.3. The summed E-state index contributed by atoms with van der Waals surface area (Å²) in [5, 5.41) is 0.507. The molecule has 0 aromatic carbocycles. The number of esters is 2. The first-order valence-electron chi connectivity index (χ1n) is 12.6. The lowest BCUT2D eigenvalue weighted by Gasteiger charge is -2.34. The summed E-state index contributed by atoms with van der Waals surface area (Å²) >= 11 is 8.11. The van der Waals surface area contributed by atoms with Crippen molar-refractivity contribution < 1.29 is 19.1 Å². The molecule has 4 unspecified atom stereocenters. The maximum absolute atomic E-state index is 12.8. The highest BCUT2D eigenvalue weighted by Gasteiger charge is 2.58. The van der Waals surface area contributed by atoms with E-state index < -0.39 is 6.89 Å². The fraction of sp³-hybridized carbons (Fsp3) is 0.760. The average Bonchev–Trinajstić information content (AvgIpc) is 3.34. The Morgan fingerprint density at radius 2 is 1.35 bits per heavy atom. The van der Waals surface area contributed by atoms with E-state index in [2.05, 4.69) is 20.8 Å². The molecule has 0 aromatic heterocycles. The summed E-state index contributed by atoms with van der Waals surface area (Å²) in [5.41, 5.74) is 1.11. The van der Waals surface area contributed by atoms with Crippen molar-refractivity contribution in [2.75, 3.05) is 32.7 Å². The molecule has 192 valence electrons. The van der Waals surface area contributed by atoms with Gasteiger partial charge in [-0.05, 0) is 55.0 Å². The summed E-state index contributed by atoms with van der Waals surface area (Å²) in [7, 11) is 6.38. The van der Waals surface area contributed by atoms with Crippen LogP contribution in [0.3, 0.4) is 0 Å². The molecule has 1 saturated carbocycles. The normalized spacial score (nSPS) is 26.5. The molecular weight excluding hydrogens is 524 g/mol. The van der Waals surface area contributed by atoms with Gasteiger partial charge in [0.2, 0.25) is 0 Å². The number of carbonyl (C=O) groups excluding carboxylic acids is 2. The Hall–Kier alpha value is 0.120. The maximum Gasteiger partial charge on any atom is 0.334 e. The third kappa shape index (κ3) is 5.66. The van der Waals surface area contributed by atoms with Crippen molar-refractivity contribution >= 4 is 73.2 Å². The van der Waals surface area contributed by atoms with Gasteiger partial charge in [0.25, 0.3) is 0 Å². The Balaban J connectivity index is 2.10. The van der Waals surface area contributed by atoms with Crippen LogP contribution in [-0.4, -0.2) is 64.0 Å². The van der Waals surface area contributed by atoms with Crippen LogP contribution in [0.1, 0.15) is 65.7 Å². The number of fused-ring (bicyclic) bond motifs is 5. The predicted octanol–water partition coefficient (Wildman–Crippen LogP) is 7.02. The van der Waals surface area contributed by atoms with Crippen molar-refractivity contribution in [2.45, 2.75) is 76.2 Å². The van der Waals surface area contributed by atoms with Crippen LogP contribution < -0.4 is 0 Å². The van der Waals surface area contributed by atoms with Crippen molar-refractivity contribution in [3.05, 3.63) is 11.1 Å². The predicted molar refractivity (Wildman–Crippen MR) is 157 cm³/mol. The van der Waals surface area contributed by atoms with Crippen LogP contribution in [-0.2, 0) is 19.1 Å². The zero-order valence-electron chi connectivity index (χ0n) is 21.1. The molecule has 4 atom stereocenters. The number of rotatable bonds is 11. The van der Waals surface area contributed by atoms with Crippen LogP contribution in [0.2, 0.25) is 0 Å². The first-order valence-corrected chi connectivity index (χ1v) is 18.4. The molecular formula is C25H39O4PS4. The Morgan fingerprint density at radius 3 is 1.79 bits per heavy atom. The second-order valence-electron chi connectivity index (χ2n) is 9.46.